The van der Waals surface area contributed by atoms with Crippen molar-refractivity contribution in [2.45, 2.75) is 31.8 Å². The van der Waals surface area contributed by atoms with Gasteiger partial charge in [-0.3, -0.25) is 4.79 Å². The minimum atomic E-state index is 0.0208. The zero-order valence-electron chi connectivity index (χ0n) is 14.3. The van der Waals surface area contributed by atoms with Crippen LogP contribution in [0, 0.1) is 23.2 Å². The number of likely N-dealkylation sites (tertiary alicyclic amines) is 1. The molecule has 7 rings (SSSR count). The van der Waals surface area contributed by atoms with Crippen molar-refractivity contribution in [2.24, 2.45) is 23.2 Å². The van der Waals surface area contributed by atoms with Crippen LogP contribution in [0.5, 0.6) is 5.88 Å². The lowest BCUT2D eigenvalue weighted by molar-refractivity contribution is -0.136. The Morgan fingerprint density at radius 1 is 1.31 bits per heavy atom. The van der Waals surface area contributed by atoms with E-state index in [0.29, 0.717) is 36.0 Å². The van der Waals surface area contributed by atoms with Crippen molar-refractivity contribution in [1.29, 1.82) is 0 Å². The van der Waals surface area contributed by atoms with Gasteiger partial charge < -0.3 is 9.64 Å². The predicted molar refractivity (Wildman–Crippen MR) is 89.8 cm³/mol. The van der Waals surface area contributed by atoms with Crippen LogP contribution in [0.3, 0.4) is 0 Å². The number of carbonyl (C=O) groups excluding carboxylic acids is 1. The van der Waals surface area contributed by atoms with Gasteiger partial charge in [0, 0.05) is 30.8 Å². The normalized spacial score (nSPS) is 36.5. The molecule has 1 aliphatic heterocycles. The number of nitrogens with zero attached hydrogens (tertiary/aromatic N) is 5. The van der Waals surface area contributed by atoms with E-state index in [0.717, 1.165) is 30.9 Å². The molecule has 5 aliphatic rings. The molecule has 1 saturated heterocycles. The Hall–Kier alpha value is -2.51. The molecule has 4 aliphatic carbocycles. The Kier molecular flexibility index (Phi) is 2.83. The molecule has 3 unspecified atom stereocenters. The zero-order valence-corrected chi connectivity index (χ0v) is 14.3. The predicted octanol–water partition coefficient (Wildman–Crippen LogP) is 1.29. The number of rotatable bonds is 4. The second-order valence-corrected chi connectivity index (χ2v) is 8.20. The highest BCUT2D eigenvalue weighted by atomic mass is 16.5. The van der Waals surface area contributed by atoms with Crippen LogP contribution in [0.15, 0.2) is 18.3 Å². The van der Waals surface area contributed by atoms with Crippen molar-refractivity contribution in [3.63, 3.8) is 0 Å². The van der Waals surface area contributed by atoms with Gasteiger partial charge in [-0.15, -0.1) is 10.2 Å². The van der Waals surface area contributed by atoms with E-state index in [1.807, 2.05) is 17.0 Å². The first-order valence-corrected chi connectivity index (χ1v) is 9.40. The fraction of sp³-hybridized carbons (Fsp3) is 0.611. The second-order valence-electron chi connectivity index (χ2n) is 8.20. The minimum Gasteiger partial charge on any atom is -0.472 e. The molecule has 4 saturated carbocycles. The molecule has 0 radical (unpaired) electrons. The van der Waals surface area contributed by atoms with Crippen molar-refractivity contribution in [3.05, 3.63) is 18.3 Å². The molecule has 0 aromatic carbocycles. The van der Waals surface area contributed by atoms with Gasteiger partial charge in [-0.05, 0) is 48.3 Å². The van der Waals surface area contributed by atoms with Crippen LogP contribution in [-0.4, -0.2) is 55.6 Å². The number of aromatic amines is 1. The van der Waals surface area contributed by atoms with Crippen LogP contribution < -0.4 is 4.74 Å². The summed E-state index contributed by atoms with van der Waals surface area (Å²) in [5, 5.41) is 13.8. The van der Waals surface area contributed by atoms with Gasteiger partial charge in [0.2, 0.25) is 17.6 Å². The van der Waals surface area contributed by atoms with E-state index in [1.165, 1.54) is 12.8 Å². The van der Waals surface area contributed by atoms with E-state index in [4.69, 9.17) is 4.74 Å². The number of carbonyl (C=O) groups is 1. The lowest BCUT2D eigenvalue weighted by atomic mass is 10.0. The number of tetrazole rings is 1. The first-order chi connectivity index (χ1) is 12.7. The summed E-state index contributed by atoms with van der Waals surface area (Å²) in [5.74, 6) is 3.69. The second kappa shape index (κ2) is 5.02. The van der Waals surface area contributed by atoms with Crippen LogP contribution in [0.4, 0.5) is 0 Å². The summed E-state index contributed by atoms with van der Waals surface area (Å²) in [4.78, 5) is 19.4. The molecule has 5 fully saturated rings. The maximum Gasteiger partial charge on any atom is 0.229 e. The Morgan fingerprint density at radius 3 is 2.85 bits per heavy atom. The SMILES string of the molecule is O=C(N1CCC(Oc2ccc(-c3nn[nH]n3)cn2)C1)C12CC3CC1C2C3. The van der Waals surface area contributed by atoms with Crippen molar-refractivity contribution in [1.82, 2.24) is 30.5 Å². The van der Waals surface area contributed by atoms with Crippen molar-refractivity contribution < 1.29 is 9.53 Å². The number of amides is 1. The molecule has 2 aromatic rings. The highest BCUT2D eigenvalue weighted by molar-refractivity contribution is 5.88. The third-order valence-corrected chi connectivity index (χ3v) is 6.96. The van der Waals surface area contributed by atoms with Crippen LogP contribution in [-0.2, 0) is 4.79 Å². The molecule has 4 bridgehead atoms. The summed E-state index contributed by atoms with van der Waals surface area (Å²) in [7, 11) is 0. The average molecular weight is 352 g/mol. The molecule has 0 spiro atoms. The number of nitrogens with one attached hydrogen (secondary N) is 1. The summed E-state index contributed by atoms with van der Waals surface area (Å²) < 4.78 is 6.01. The number of H-pyrrole nitrogens is 1. The third-order valence-electron chi connectivity index (χ3n) is 6.96. The van der Waals surface area contributed by atoms with Gasteiger partial charge in [-0.1, -0.05) is 0 Å². The number of hydrogen-bond acceptors (Lipinski definition) is 6. The first kappa shape index (κ1) is 14.6. The van der Waals surface area contributed by atoms with Crippen molar-refractivity contribution >= 4 is 5.91 Å². The molecular weight excluding hydrogens is 332 g/mol. The third kappa shape index (κ3) is 1.92. The Morgan fingerprint density at radius 2 is 2.19 bits per heavy atom. The molecule has 26 heavy (non-hydrogen) atoms. The highest BCUT2D eigenvalue weighted by Crippen LogP contribution is 2.79. The van der Waals surface area contributed by atoms with E-state index in [9.17, 15) is 4.79 Å². The fourth-order valence-corrected chi connectivity index (χ4v) is 5.86. The molecule has 134 valence electrons. The van der Waals surface area contributed by atoms with Crippen LogP contribution >= 0.6 is 0 Å². The van der Waals surface area contributed by atoms with E-state index < -0.39 is 0 Å². The highest BCUT2D eigenvalue weighted by Gasteiger charge is 2.78. The average Bonchev–Trinajstić information content (AvgIpc) is 3.36. The summed E-state index contributed by atoms with van der Waals surface area (Å²) in [6, 6.07) is 3.68. The quantitative estimate of drug-likeness (QED) is 0.890. The standard InChI is InChI=1S/C18H20N6O2/c25-17(18-7-10-5-13(18)14(18)6-10)24-4-3-12(9-24)26-15-2-1-11(8-19-15)16-20-22-23-21-16/h1-2,8,10,12-14H,3-7,9H2,(H,20,21,22,23). The van der Waals surface area contributed by atoms with Crippen molar-refractivity contribution in [2.75, 3.05) is 13.1 Å². The van der Waals surface area contributed by atoms with Gasteiger partial charge in [0.25, 0.3) is 0 Å². The van der Waals surface area contributed by atoms with E-state index in [1.54, 1.807) is 6.20 Å². The molecule has 8 nitrogen and oxygen atoms in total. The number of pyridine rings is 1. The van der Waals surface area contributed by atoms with Gasteiger partial charge in [-0.25, -0.2) is 4.98 Å². The zero-order chi connectivity index (χ0) is 17.3. The summed E-state index contributed by atoms with van der Waals surface area (Å²) in [5.41, 5.74) is 0.817. The Balaban J connectivity index is 1.10. The summed E-state index contributed by atoms with van der Waals surface area (Å²) >= 11 is 0. The molecule has 3 heterocycles. The maximum absolute atomic E-state index is 13.1. The first-order valence-electron chi connectivity index (χ1n) is 9.40. The van der Waals surface area contributed by atoms with Gasteiger partial charge in [0.15, 0.2) is 0 Å². The summed E-state index contributed by atoms with van der Waals surface area (Å²) in [6.45, 7) is 1.48. The van der Waals surface area contributed by atoms with E-state index in [2.05, 4.69) is 25.6 Å². The molecule has 1 amide bonds. The number of ether oxygens (including phenoxy) is 1. The molecule has 2 aromatic heterocycles. The molecule has 3 atom stereocenters. The monoisotopic (exact) mass is 352 g/mol. The van der Waals surface area contributed by atoms with E-state index in [-0.39, 0.29) is 11.5 Å². The molecular formula is C18H20N6O2. The lowest BCUT2D eigenvalue weighted by Crippen LogP contribution is -2.37. The number of aromatic nitrogens is 5. The van der Waals surface area contributed by atoms with Gasteiger partial charge >= 0.3 is 0 Å². The molecule has 1 N–H and O–H groups in total. The number of hydrogen-bond donors (Lipinski definition) is 1. The topological polar surface area (TPSA) is 96.9 Å². The van der Waals surface area contributed by atoms with Gasteiger partial charge in [0.05, 0.1) is 12.0 Å². The van der Waals surface area contributed by atoms with Gasteiger partial charge in [0.1, 0.15) is 6.10 Å². The van der Waals surface area contributed by atoms with E-state index >= 15 is 0 Å². The summed E-state index contributed by atoms with van der Waals surface area (Å²) in [6.07, 6.45) is 6.29. The van der Waals surface area contributed by atoms with Crippen LogP contribution in [0.25, 0.3) is 11.4 Å². The lowest BCUT2D eigenvalue weighted by Gasteiger charge is -2.22. The Labute approximate surface area is 150 Å². The largest absolute Gasteiger partial charge is 0.472 e. The smallest absolute Gasteiger partial charge is 0.229 e. The fourth-order valence-electron chi connectivity index (χ4n) is 5.86. The Bertz CT molecular complexity index is 839. The van der Waals surface area contributed by atoms with Crippen molar-refractivity contribution in [3.8, 4) is 17.3 Å². The molecule has 8 heteroatoms. The van der Waals surface area contributed by atoms with Crippen LogP contribution in [0.1, 0.15) is 25.7 Å². The van der Waals surface area contributed by atoms with Crippen LogP contribution in [0.2, 0.25) is 0 Å². The van der Waals surface area contributed by atoms with Gasteiger partial charge in [-0.2, -0.15) is 5.21 Å². The maximum atomic E-state index is 13.1. The minimum absolute atomic E-state index is 0.0208.